The fourth-order valence-corrected chi connectivity index (χ4v) is 2.46. The van der Waals surface area contributed by atoms with E-state index in [-0.39, 0.29) is 25.5 Å². The minimum atomic E-state index is -1.07. The zero-order valence-electron chi connectivity index (χ0n) is 12.3. The average Bonchev–Trinajstić information content (AvgIpc) is 3.04. The van der Waals surface area contributed by atoms with E-state index in [0.717, 1.165) is 5.56 Å². The Morgan fingerprint density at radius 1 is 1.30 bits per heavy atom. The maximum absolute atomic E-state index is 12.4. The Morgan fingerprint density at radius 3 is 2.83 bits per heavy atom. The van der Waals surface area contributed by atoms with Crippen molar-refractivity contribution in [3.63, 3.8) is 0 Å². The monoisotopic (exact) mass is 316 g/mol. The highest BCUT2D eigenvalue weighted by atomic mass is 16.5. The number of amides is 1. The summed E-state index contributed by atoms with van der Waals surface area (Å²) in [6.45, 7) is 0.609. The van der Waals surface area contributed by atoms with E-state index in [1.54, 1.807) is 0 Å². The molecule has 1 aromatic heterocycles. The highest BCUT2D eigenvalue weighted by Gasteiger charge is 2.32. The van der Waals surface area contributed by atoms with Gasteiger partial charge in [-0.3, -0.25) is 4.79 Å². The molecule has 23 heavy (non-hydrogen) atoms. The van der Waals surface area contributed by atoms with Gasteiger partial charge in [0, 0.05) is 12.1 Å². The predicted molar refractivity (Wildman–Crippen MR) is 79.6 cm³/mol. The third-order valence-corrected chi connectivity index (χ3v) is 3.64. The van der Waals surface area contributed by atoms with Crippen molar-refractivity contribution in [1.82, 2.24) is 9.88 Å². The molecule has 1 amide bonds. The van der Waals surface area contributed by atoms with Gasteiger partial charge >= 0.3 is 5.97 Å². The molecular formula is C16H16N2O5. The minimum absolute atomic E-state index is 0.000113. The maximum Gasteiger partial charge on any atom is 0.328 e. The van der Waals surface area contributed by atoms with Gasteiger partial charge in [0.15, 0.2) is 6.04 Å². The van der Waals surface area contributed by atoms with Crippen LogP contribution in [-0.2, 0) is 20.7 Å². The summed E-state index contributed by atoms with van der Waals surface area (Å²) >= 11 is 0. The Kier molecular flexibility index (Phi) is 4.38. The molecule has 0 spiro atoms. The number of carboxylic acid groups (broad SMARTS) is 1. The summed E-state index contributed by atoms with van der Waals surface area (Å²) in [5.41, 5.74) is 1.30. The molecule has 3 rings (SSSR count). The van der Waals surface area contributed by atoms with Crippen molar-refractivity contribution < 1.29 is 23.8 Å². The number of rotatable bonds is 4. The minimum Gasteiger partial charge on any atom is -0.480 e. The van der Waals surface area contributed by atoms with Crippen LogP contribution in [-0.4, -0.2) is 52.7 Å². The SMILES string of the molecule is O=C(O)[C@H]1COCCN1C(=O)Cc1coc(-c2ccccc2)n1. The molecule has 2 aromatic rings. The summed E-state index contributed by atoms with van der Waals surface area (Å²) in [6, 6.07) is 8.41. The van der Waals surface area contributed by atoms with Gasteiger partial charge in [0.1, 0.15) is 6.26 Å². The van der Waals surface area contributed by atoms with Gasteiger partial charge in [0.25, 0.3) is 0 Å². The first kappa shape index (κ1) is 15.2. The lowest BCUT2D eigenvalue weighted by molar-refractivity contribution is -0.158. The van der Waals surface area contributed by atoms with Gasteiger partial charge in [-0.1, -0.05) is 18.2 Å². The molecule has 2 heterocycles. The molecule has 1 aromatic carbocycles. The number of carboxylic acids is 1. The van der Waals surface area contributed by atoms with Gasteiger partial charge in [-0.15, -0.1) is 0 Å². The number of aromatic nitrogens is 1. The van der Waals surface area contributed by atoms with Crippen molar-refractivity contribution in [3.05, 3.63) is 42.3 Å². The molecule has 7 nitrogen and oxygen atoms in total. The van der Waals surface area contributed by atoms with Crippen LogP contribution in [0.4, 0.5) is 0 Å². The molecular weight excluding hydrogens is 300 g/mol. The van der Waals surface area contributed by atoms with Crippen LogP contribution in [0.3, 0.4) is 0 Å². The van der Waals surface area contributed by atoms with E-state index in [0.29, 0.717) is 18.2 Å². The van der Waals surface area contributed by atoms with Crippen molar-refractivity contribution in [1.29, 1.82) is 0 Å². The number of aliphatic carboxylic acids is 1. The van der Waals surface area contributed by atoms with Crippen molar-refractivity contribution >= 4 is 11.9 Å². The van der Waals surface area contributed by atoms with Crippen molar-refractivity contribution in [2.24, 2.45) is 0 Å². The number of carbonyl (C=O) groups is 2. The van der Waals surface area contributed by atoms with Gasteiger partial charge in [-0.25, -0.2) is 9.78 Å². The number of nitrogens with zero attached hydrogens (tertiary/aromatic N) is 2. The van der Waals surface area contributed by atoms with Gasteiger partial charge in [0.05, 0.1) is 25.3 Å². The molecule has 1 aliphatic heterocycles. The lowest BCUT2D eigenvalue weighted by Crippen LogP contribution is -2.53. The van der Waals surface area contributed by atoms with Crippen LogP contribution in [0.25, 0.3) is 11.5 Å². The summed E-state index contributed by atoms with van der Waals surface area (Å²) in [7, 11) is 0. The zero-order chi connectivity index (χ0) is 16.2. The molecule has 120 valence electrons. The number of ether oxygens (including phenoxy) is 1. The number of oxazole rings is 1. The van der Waals surface area contributed by atoms with Crippen LogP contribution in [0.5, 0.6) is 0 Å². The molecule has 1 aliphatic rings. The molecule has 1 atom stereocenters. The van der Waals surface area contributed by atoms with Crippen LogP contribution < -0.4 is 0 Å². The summed E-state index contributed by atoms with van der Waals surface area (Å²) < 4.78 is 10.5. The van der Waals surface area contributed by atoms with Crippen LogP contribution in [0.15, 0.2) is 41.0 Å². The molecule has 7 heteroatoms. The van der Waals surface area contributed by atoms with Gasteiger partial charge < -0.3 is 19.2 Å². The van der Waals surface area contributed by atoms with E-state index >= 15 is 0 Å². The lowest BCUT2D eigenvalue weighted by atomic mass is 10.2. The van der Waals surface area contributed by atoms with Crippen molar-refractivity contribution in [3.8, 4) is 11.5 Å². The summed E-state index contributed by atoms with van der Waals surface area (Å²) in [5.74, 6) is -0.929. The van der Waals surface area contributed by atoms with Gasteiger partial charge in [-0.2, -0.15) is 0 Å². The second-order valence-corrected chi connectivity index (χ2v) is 5.20. The van der Waals surface area contributed by atoms with E-state index in [4.69, 9.17) is 14.3 Å². The molecule has 1 N–H and O–H groups in total. The smallest absolute Gasteiger partial charge is 0.328 e. The Morgan fingerprint density at radius 2 is 2.09 bits per heavy atom. The van der Waals surface area contributed by atoms with E-state index in [9.17, 15) is 9.59 Å². The quantitative estimate of drug-likeness (QED) is 0.911. The maximum atomic E-state index is 12.4. The molecule has 0 bridgehead atoms. The first-order valence-electron chi connectivity index (χ1n) is 7.25. The Balaban J connectivity index is 1.70. The fraction of sp³-hybridized carbons (Fsp3) is 0.312. The van der Waals surface area contributed by atoms with Crippen molar-refractivity contribution in [2.45, 2.75) is 12.5 Å². The predicted octanol–water partition coefficient (Wildman–Crippen LogP) is 1.20. The highest BCUT2D eigenvalue weighted by molar-refractivity contribution is 5.85. The first-order chi connectivity index (χ1) is 11.1. The third kappa shape index (κ3) is 3.40. The normalized spacial score (nSPS) is 17.9. The summed E-state index contributed by atoms with van der Waals surface area (Å²) in [6.07, 6.45) is 1.43. The fourth-order valence-electron chi connectivity index (χ4n) is 2.46. The zero-order valence-corrected chi connectivity index (χ0v) is 12.3. The molecule has 0 unspecified atom stereocenters. The lowest BCUT2D eigenvalue weighted by Gasteiger charge is -2.32. The van der Waals surface area contributed by atoms with E-state index < -0.39 is 12.0 Å². The van der Waals surface area contributed by atoms with Gasteiger partial charge in [-0.05, 0) is 12.1 Å². The van der Waals surface area contributed by atoms with Crippen LogP contribution in [0.2, 0.25) is 0 Å². The molecule has 0 radical (unpaired) electrons. The number of hydrogen-bond donors (Lipinski definition) is 1. The number of carbonyl (C=O) groups excluding carboxylic acids is 1. The second-order valence-electron chi connectivity index (χ2n) is 5.20. The Hall–Kier alpha value is -2.67. The number of hydrogen-bond acceptors (Lipinski definition) is 5. The van der Waals surface area contributed by atoms with E-state index in [1.807, 2.05) is 30.3 Å². The largest absolute Gasteiger partial charge is 0.480 e. The molecule has 1 fully saturated rings. The first-order valence-corrected chi connectivity index (χ1v) is 7.25. The third-order valence-electron chi connectivity index (χ3n) is 3.64. The van der Waals surface area contributed by atoms with Crippen LogP contribution >= 0.6 is 0 Å². The van der Waals surface area contributed by atoms with E-state index in [1.165, 1.54) is 11.2 Å². The topological polar surface area (TPSA) is 92.9 Å². The summed E-state index contributed by atoms with van der Waals surface area (Å²) in [4.78, 5) is 29.2. The van der Waals surface area contributed by atoms with Crippen molar-refractivity contribution in [2.75, 3.05) is 19.8 Å². The second kappa shape index (κ2) is 6.62. The highest BCUT2D eigenvalue weighted by Crippen LogP contribution is 2.19. The Bertz CT molecular complexity index is 698. The molecule has 0 aliphatic carbocycles. The van der Waals surface area contributed by atoms with Crippen LogP contribution in [0, 0.1) is 0 Å². The molecule has 0 saturated carbocycles. The average molecular weight is 316 g/mol. The number of morpholine rings is 1. The van der Waals surface area contributed by atoms with E-state index in [2.05, 4.69) is 4.98 Å². The summed E-state index contributed by atoms with van der Waals surface area (Å²) in [5, 5.41) is 9.17. The number of benzene rings is 1. The standard InChI is InChI=1S/C16H16N2O5/c19-14(18-6-7-22-10-13(18)16(20)21)8-12-9-23-15(17-12)11-4-2-1-3-5-11/h1-5,9,13H,6-8,10H2,(H,20,21)/t13-/m1/s1. The van der Waals surface area contributed by atoms with Gasteiger partial charge in [0.2, 0.25) is 11.8 Å². The molecule has 1 saturated heterocycles. The van der Waals surface area contributed by atoms with Crippen LogP contribution in [0.1, 0.15) is 5.69 Å². The Labute approximate surface area is 132 Å².